The van der Waals surface area contributed by atoms with Gasteiger partial charge in [0.05, 0.1) is 5.52 Å². The lowest BCUT2D eigenvalue weighted by molar-refractivity contribution is -0.120. The number of pyridine rings is 1. The Bertz CT molecular complexity index is 961. The number of rotatable bonds is 6. The topological polar surface area (TPSA) is 60.5 Å². The van der Waals surface area contributed by atoms with E-state index in [1.54, 1.807) is 11.8 Å². The lowest BCUT2D eigenvalue weighted by atomic mass is 10.1. The second-order valence-corrected chi connectivity index (χ2v) is 7.39. The average molecular weight is 380 g/mol. The molecule has 1 aromatic heterocycles. The third-order valence-electron chi connectivity index (χ3n) is 4.25. The third kappa shape index (κ3) is 4.52. The predicted molar refractivity (Wildman–Crippen MR) is 106 cm³/mol. The number of hydrogen-bond donors (Lipinski definition) is 1. The minimum absolute atomic E-state index is 0.0354. The highest BCUT2D eigenvalue weighted by atomic mass is 32.2. The van der Waals surface area contributed by atoms with Crippen LogP contribution in [0, 0.1) is 0 Å². The van der Waals surface area contributed by atoms with Gasteiger partial charge in [0.2, 0.25) is 5.91 Å². The molecule has 27 heavy (non-hydrogen) atoms. The maximum absolute atomic E-state index is 12.1. The van der Waals surface area contributed by atoms with Gasteiger partial charge in [-0.05, 0) is 35.9 Å². The molecule has 0 aliphatic carbocycles. The van der Waals surface area contributed by atoms with Crippen LogP contribution in [0.2, 0.25) is 0 Å². The van der Waals surface area contributed by atoms with E-state index >= 15 is 0 Å². The molecule has 0 saturated carbocycles. The van der Waals surface area contributed by atoms with Crippen molar-refractivity contribution in [1.82, 2.24) is 10.3 Å². The van der Waals surface area contributed by atoms with Gasteiger partial charge in [0.25, 0.3) is 0 Å². The second-order valence-electron chi connectivity index (χ2n) is 6.22. The van der Waals surface area contributed by atoms with Crippen LogP contribution in [0.25, 0.3) is 10.9 Å². The Morgan fingerprint density at radius 1 is 1.07 bits per heavy atom. The van der Waals surface area contributed by atoms with Crippen LogP contribution in [0.4, 0.5) is 0 Å². The fourth-order valence-corrected chi connectivity index (χ4v) is 3.76. The van der Waals surface area contributed by atoms with Crippen molar-refractivity contribution >= 4 is 28.6 Å². The van der Waals surface area contributed by atoms with Gasteiger partial charge < -0.3 is 14.8 Å². The predicted octanol–water partition coefficient (Wildman–Crippen LogP) is 3.80. The number of benzene rings is 2. The van der Waals surface area contributed by atoms with Gasteiger partial charge in [-0.25, -0.2) is 0 Å². The number of para-hydroxylation sites is 1. The number of amides is 1. The molecule has 1 amide bonds. The number of carbonyl (C=O) groups is 1. The minimum atomic E-state index is 0.0354. The third-order valence-corrected chi connectivity index (χ3v) is 5.24. The molecule has 1 N–H and O–H groups in total. The summed E-state index contributed by atoms with van der Waals surface area (Å²) < 4.78 is 11.1. The van der Waals surface area contributed by atoms with E-state index in [1.165, 1.54) is 0 Å². The van der Waals surface area contributed by atoms with E-state index in [2.05, 4.69) is 16.4 Å². The van der Waals surface area contributed by atoms with E-state index in [0.29, 0.717) is 31.9 Å². The van der Waals surface area contributed by atoms with E-state index in [0.717, 1.165) is 32.9 Å². The van der Waals surface area contributed by atoms with Crippen molar-refractivity contribution in [3.05, 3.63) is 60.3 Å². The minimum Gasteiger partial charge on any atom is -0.486 e. The van der Waals surface area contributed by atoms with Gasteiger partial charge >= 0.3 is 0 Å². The van der Waals surface area contributed by atoms with Gasteiger partial charge in [0.1, 0.15) is 13.2 Å². The number of ether oxygens (including phenoxy) is 2. The highest BCUT2D eigenvalue weighted by Gasteiger charge is 2.12. The zero-order chi connectivity index (χ0) is 18.5. The molecule has 0 spiro atoms. The lowest BCUT2D eigenvalue weighted by Crippen LogP contribution is -2.23. The molecular weight excluding hydrogens is 360 g/mol. The molecule has 1 aliphatic heterocycles. The van der Waals surface area contributed by atoms with E-state index in [-0.39, 0.29) is 5.91 Å². The van der Waals surface area contributed by atoms with E-state index < -0.39 is 0 Å². The summed E-state index contributed by atoms with van der Waals surface area (Å²) in [6, 6.07) is 15.9. The molecule has 3 aromatic rings. The van der Waals surface area contributed by atoms with Crippen molar-refractivity contribution in [1.29, 1.82) is 0 Å². The monoisotopic (exact) mass is 380 g/mol. The number of nitrogens with one attached hydrogen (secondary N) is 1. The molecule has 2 heterocycles. The van der Waals surface area contributed by atoms with E-state index in [4.69, 9.17) is 9.47 Å². The first-order chi connectivity index (χ1) is 13.3. The number of thioether (sulfide) groups is 1. The van der Waals surface area contributed by atoms with Gasteiger partial charge in [0.15, 0.2) is 11.5 Å². The van der Waals surface area contributed by atoms with Crippen molar-refractivity contribution in [2.45, 2.75) is 17.9 Å². The standard InChI is InChI=1S/C21H20N2O3S/c24-21(23-14-15-11-16-3-1-2-4-18(16)22-13-15)7-10-27-17-5-6-19-20(12-17)26-9-8-25-19/h1-6,11-13H,7-10,14H2,(H,23,24). The van der Waals surface area contributed by atoms with Gasteiger partial charge in [-0.2, -0.15) is 0 Å². The number of fused-ring (bicyclic) bond motifs is 2. The number of nitrogens with zero attached hydrogens (tertiary/aromatic N) is 1. The average Bonchev–Trinajstić information content (AvgIpc) is 2.72. The van der Waals surface area contributed by atoms with Crippen LogP contribution < -0.4 is 14.8 Å². The van der Waals surface area contributed by atoms with E-state index in [1.807, 2.05) is 48.7 Å². The molecule has 0 saturated heterocycles. The van der Waals surface area contributed by atoms with Crippen molar-refractivity contribution in [3.8, 4) is 11.5 Å². The molecule has 0 bridgehead atoms. The Morgan fingerprint density at radius 2 is 1.93 bits per heavy atom. The summed E-state index contributed by atoms with van der Waals surface area (Å²) in [5.41, 5.74) is 1.96. The molecule has 0 radical (unpaired) electrons. The Labute approximate surface area is 162 Å². The lowest BCUT2D eigenvalue weighted by Gasteiger charge is -2.18. The normalized spacial score (nSPS) is 12.7. The number of carbonyl (C=O) groups excluding carboxylic acids is 1. The van der Waals surface area contributed by atoms with Gasteiger partial charge in [-0.3, -0.25) is 9.78 Å². The Hall–Kier alpha value is -2.73. The van der Waals surface area contributed by atoms with Crippen molar-refractivity contribution < 1.29 is 14.3 Å². The quantitative estimate of drug-likeness (QED) is 0.659. The number of hydrogen-bond acceptors (Lipinski definition) is 5. The first-order valence-electron chi connectivity index (χ1n) is 8.91. The molecule has 0 unspecified atom stereocenters. The fraction of sp³-hybridized carbons (Fsp3) is 0.238. The number of aromatic nitrogens is 1. The zero-order valence-corrected chi connectivity index (χ0v) is 15.6. The van der Waals surface area contributed by atoms with Gasteiger partial charge in [0, 0.05) is 35.2 Å². The summed E-state index contributed by atoms with van der Waals surface area (Å²) in [4.78, 5) is 17.6. The zero-order valence-electron chi connectivity index (χ0n) is 14.8. The second kappa shape index (κ2) is 8.31. The summed E-state index contributed by atoms with van der Waals surface area (Å²) in [5.74, 6) is 2.31. The van der Waals surface area contributed by atoms with Crippen LogP contribution in [-0.4, -0.2) is 29.9 Å². The highest BCUT2D eigenvalue weighted by Crippen LogP contribution is 2.34. The maximum atomic E-state index is 12.1. The molecule has 2 aromatic carbocycles. The van der Waals surface area contributed by atoms with Crippen molar-refractivity contribution in [2.24, 2.45) is 0 Å². The molecular formula is C21H20N2O3S. The summed E-state index contributed by atoms with van der Waals surface area (Å²) in [7, 11) is 0. The summed E-state index contributed by atoms with van der Waals surface area (Å²) in [6.07, 6.45) is 2.27. The van der Waals surface area contributed by atoms with Crippen molar-refractivity contribution in [2.75, 3.05) is 19.0 Å². The maximum Gasteiger partial charge on any atom is 0.221 e. The molecule has 0 atom stereocenters. The molecule has 4 rings (SSSR count). The first kappa shape index (κ1) is 17.7. The largest absolute Gasteiger partial charge is 0.486 e. The summed E-state index contributed by atoms with van der Waals surface area (Å²) in [6.45, 7) is 1.66. The van der Waals surface area contributed by atoms with Gasteiger partial charge in [-0.15, -0.1) is 11.8 Å². The van der Waals surface area contributed by atoms with Crippen LogP contribution in [0.5, 0.6) is 11.5 Å². The Balaban J connectivity index is 1.24. The fourth-order valence-electron chi connectivity index (χ4n) is 2.88. The van der Waals surface area contributed by atoms with Crippen LogP contribution >= 0.6 is 11.8 Å². The van der Waals surface area contributed by atoms with Crippen molar-refractivity contribution in [3.63, 3.8) is 0 Å². The highest BCUT2D eigenvalue weighted by molar-refractivity contribution is 7.99. The molecule has 5 nitrogen and oxygen atoms in total. The van der Waals surface area contributed by atoms with Gasteiger partial charge in [-0.1, -0.05) is 18.2 Å². The molecule has 6 heteroatoms. The summed E-state index contributed by atoms with van der Waals surface area (Å²) >= 11 is 1.64. The molecule has 1 aliphatic rings. The molecule has 0 fully saturated rings. The van der Waals surface area contributed by atoms with E-state index in [9.17, 15) is 4.79 Å². The SMILES string of the molecule is O=C(CCSc1ccc2c(c1)OCCO2)NCc1cnc2ccccc2c1. The van der Waals surface area contributed by atoms with Crippen LogP contribution in [0.15, 0.2) is 59.6 Å². The molecule has 138 valence electrons. The Morgan fingerprint density at radius 3 is 2.85 bits per heavy atom. The van der Waals surface area contributed by atoms with Crippen LogP contribution in [0.1, 0.15) is 12.0 Å². The van der Waals surface area contributed by atoms with Crippen LogP contribution in [-0.2, 0) is 11.3 Å². The smallest absolute Gasteiger partial charge is 0.221 e. The first-order valence-corrected chi connectivity index (χ1v) is 9.89. The van der Waals surface area contributed by atoms with Crippen LogP contribution in [0.3, 0.4) is 0 Å². The Kier molecular flexibility index (Phi) is 5.44. The summed E-state index contributed by atoms with van der Waals surface area (Å²) in [5, 5.41) is 4.04.